The van der Waals surface area contributed by atoms with Gasteiger partial charge in [-0.1, -0.05) is 0 Å². The SMILES string of the molecule is COC1(CC(=O)N2CCOCC2)CCC1. The van der Waals surface area contributed by atoms with Gasteiger partial charge in [-0.25, -0.2) is 0 Å². The molecule has 1 saturated carbocycles. The normalized spacial score (nSPS) is 24.7. The van der Waals surface area contributed by atoms with Crippen LogP contribution in [-0.4, -0.2) is 49.8 Å². The Balaban J connectivity index is 1.85. The maximum atomic E-state index is 12.0. The number of hydrogen-bond acceptors (Lipinski definition) is 3. The molecule has 2 fully saturated rings. The molecule has 0 spiro atoms. The van der Waals surface area contributed by atoms with Gasteiger partial charge in [0.2, 0.25) is 5.91 Å². The van der Waals surface area contributed by atoms with Gasteiger partial charge in [0.1, 0.15) is 0 Å². The van der Waals surface area contributed by atoms with E-state index in [0.717, 1.165) is 25.9 Å². The van der Waals surface area contributed by atoms with E-state index in [4.69, 9.17) is 9.47 Å². The van der Waals surface area contributed by atoms with Gasteiger partial charge in [0, 0.05) is 20.2 Å². The topological polar surface area (TPSA) is 38.8 Å². The van der Waals surface area contributed by atoms with Crippen LogP contribution in [0.15, 0.2) is 0 Å². The van der Waals surface area contributed by atoms with Crippen LogP contribution in [0.4, 0.5) is 0 Å². The van der Waals surface area contributed by atoms with Gasteiger partial charge in [0.05, 0.1) is 25.2 Å². The zero-order chi connectivity index (χ0) is 10.7. The Bertz CT molecular complexity index is 226. The van der Waals surface area contributed by atoms with Crippen molar-refractivity contribution >= 4 is 5.91 Å². The molecule has 1 heterocycles. The van der Waals surface area contributed by atoms with Gasteiger partial charge in [0.25, 0.3) is 0 Å². The second-order valence-corrected chi connectivity index (χ2v) is 4.41. The Labute approximate surface area is 90.5 Å². The molecular weight excluding hydrogens is 194 g/mol. The first-order valence-corrected chi connectivity index (χ1v) is 5.66. The summed E-state index contributed by atoms with van der Waals surface area (Å²) in [5, 5.41) is 0. The van der Waals surface area contributed by atoms with Crippen LogP contribution in [0, 0.1) is 0 Å². The van der Waals surface area contributed by atoms with Crippen molar-refractivity contribution in [2.24, 2.45) is 0 Å². The average Bonchev–Trinajstić information content (AvgIpc) is 2.24. The maximum absolute atomic E-state index is 12.0. The highest BCUT2D eigenvalue weighted by molar-refractivity contribution is 5.77. The molecule has 0 N–H and O–H groups in total. The van der Waals surface area contributed by atoms with Gasteiger partial charge in [-0.05, 0) is 19.3 Å². The third-order valence-electron chi connectivity index (χ3n) is 3.53. The quantitative estimate of drug-likeness (QED) is 0.696. The standard InChI is InChI=1S/C11H19NO3/c1-14-11(3-2-4-11)9-10(13)12-5-7-15-8-6-12/h2-9H2,1H3. The van der Waals surface area contributed by atoms with E-state index in [9.17, 15) is 4.79 Å². The van der Waals surface area contributed by atoms with Crippen LogP contribution >= 0.6 is 0 Å². The summed E-state index contributed by atoms with van der Waals surface area (Å²) in [6, 6.07) is 0. The van der Waals surface area contributed by atoms with E-state index in [1.165, 1.54) is 6.42 Å². The summed E-state index contributed by atoms with van der Waals surface area (Å²) in [6.07, 6.45) is 3.78. The van der Waals surface area contributed by atoms with Gasteiger partial charge < -0.3 is 14.4 Å². The Hall–Kier alpha value is -0.610. The van der Waals surface area contributed by atoms with E-state index >= 15 is 0 Å². The number of amides is 1. The Morgan fingerprint density at radius 2 is 2.07 bits per heavy atom. The fourth-order valence-electron chi connectivity index (χ4n) is 2.22. The van der Waals surface area contributed by atoms with Crippen LogP contribution in [0.5, 0.6) is 0 Å². The first-order valence-electron chi connectivity index (χ1n) is 5.66. The number of hydrogen-bond donors (Lipinski definition) is 0. The Morgan fingerprint density at radius 3 is 2.53 bits per heavy atom. The summed E-state index contributed by atoms with van der Waals surface area (Å²) in [4.78, 5) is 13.8. The molecule has 1 amide bonds. The Kier molecular flexibility index (Phi) is 3.26. The van der Waals surface area contributed by atoms with Gasteiger partial charge in [-0.15, -0.1) is 0 Å². The minimum absolute atomic E-state index is 0.143. The number of methoxy groups -OCH3 is 1. The minimum atomic E-state index is -0.143. The molecule has 0 radical (unpaired) electrons. The van der Waals surface area contributed by atoms with Gasteiger partial charge in [-0.2, -0.15) is 0 Å². The molecule has 0 aromatic heterocycles. The summed E-state index contributed by atoms with van der Waals surface area (Å²) in [5.74, 6) is 0.222. The highest BCUT2D eigenvalue weighted by Gasteiger charge is 2.40. The van der Waals surface area contributed by atoms with E-state index in [1.54, 1.807) is 7.11 Å². The lowest BCUT2D eigenvalue weighted by Gasteiger charge is -2.41. The summed E-state index contributed by atoms with van der Waals surface area (Å²) >= 11 is 0. The average molecular weight is 213 g/mol. The van der Waals surface area contributed by atoms with Crippen molar-refractivity contribution < 1.29 is 14.3 Å². The smallest absolute Gasteiger partial charge is 0.225 e. The highest BCUT2D eigenvalue weighted by atomic mass is 16.5. The molecule has 1 aliphatic heterocycles. The highest BCUT2D eigenvalue weighted by Crippen LogP contribution is 2.38. The molecule has 1 saturated heterocycles. The van der Waals surface area contributed by atoms with E-state index in [2.05, 4.69) is 0 Å². The molecule has 1 aliphatic carbocycles. The molecule has 2 aliphatic rings. The van der Waals surface area contributed by atoms with Gasteiger partial charge in [0.15, 0.2) is 0 Å². The van der Waals surface area contributed by atoms with Crippen LogP contribution < -0.4 is 0 Å². The Morgan fingerprint density at radius 1 is 1.40 bits per heavy atom. The molecule has 0 bridgehead atoms. The summed E-state index contributed by atoms with van der Waals surface area (Å²) < 4.78 is 10.7. The fourth-order valence-corrected chi connectivity index (χ4v) is 2.22. The van der Waals surface area contributed by atoms with E-state index in [0.29, 0.717) is 19.6 Å². The molecule has 15 heavy (non-hydrogen) atoms. The summed E-state index contributed by atoms with van der Waals surface area (Å²) in [7, 11) is 1.71. The lowest BCUT2D eigenvalue weighted by molar-refractivity contribution is -0.147. The molecule has 0 aromatic carbocycles. The number of rotatable bonds is 3. The zero-order valence-corrected chi connectivity index (χ0v) is 9.33. The van der Waals surface area contributed by atoms with Crippen molar-refractivity contribution in [2.45, 2.75) is 31.3 Å². The van der Waals surface area contributed by atoms with Crippen molar-refractivity contribution in [1.29, 1.82) is 0 Å². The third kappa shape index (κ3) is 2.32. The molecule has 86 valence electrons. The summed E-state index contributed by atoms with van der Waals surface area (Å²) in [5.41, 5.74) is -0.143. The lowest BCUT2D eigenvalue weighted by Crippen LogP contribution is -2.47. The van der Waals surface area contributed by atoms with Crippen LogP contribution in [0.3, 0.4) is 0 Å². The first-order chi connectivity index (χ1) is 7.26. The van der Waals surface area contributed by atoms with Crippen LogP contribution in [0.25, 0.3) is 0 Å². The van der Waals surface area contributed by atoms with Gasteiger partial charge >= 0.3 is 0 Å². The second kappa shape index (κ2) is 4.49. The predicted molar refractivity (Wildman–Crippen MR) is 55.6 cm³/mol. The molecule has 2 rings (SSSR count). The molecular formula is C11H19NO3. The van der Waals surface area contributed by atoms with E-state index in [1.807, 2.05) is 4.90 Å². The van der Waals surface area contributed by atoms with E-state index < -0.39 is 0 Å². The molecule has 4 nitrogen and oxygen atoms in total. The van der Waals surface area contributed by atoms with Crippen LogP contribution in [-0.2, 0) is 14.3 Å². The lowest BCUT2D eigenvalue weighted by atomic mass is 9.77. The summed E-state index contributed by atoms with van der Waals surface area (Å²) in [6.45, 7) is 2.81. The van der Waals surface area contributed by atoms with E-state index in [-0.39, 0.29) is 11.5 Å². The minimum Gasteiger partial charge on any atom is -0.378 e. The van der Waals surface area contributed by atoms with Crippen molar-refractivity contribution in [3.05, 3.63) is 0 Å². The number of carbonyl (C=O) groups is 1. The molecule has 0 aromatic rings. The first kappa shape index (κ1) is 10.9. The second-order valence-electron chi connectivity index (χ2n) is 4.41. The molecule has 0 unspecified atom stereocenters. The van der Waals surface area contributed by atoms with Crippen molar-refractivity contribution in [1.82, 2.24) is 4.90 Å². The molecule has 0 atom stereocenters. The molecule has 4 heteroatoms. The van der Waals surface area contributed by atoms with Crippen LogP contribution in [0.2, 0.25) is 0 Å². The fraction of sp³-hybridized carbons (Fsp3) is 0.909. The number of nitrogens with zero attached hydrogens (tertiary/aromatic N) is 1. The van der Waals surface area contributed by atoms with Crippen molar-refractivity contribution in [3.63, 3.8) is 0 Å². The monoisotopic (exact) mass is 213 g/mol. The van der Waals surface area contributed by atoms with Crippen LogP contribution in [0.1, 0.15) is 25.7 Å². The number of morpholine rings is 1. The number of ether oxygens (including phenoxy) is 2. The van der Waals surface area contributed by atoms with Gasteiger partial charge in [-0.3, -0.25) is 4.79 Å². The predicted octanol–water partition coefficient (Wildman–Crippen LogP) is 0.804. The van der Waals surface area contributed by atoms with Crippen molar-refractivity contribution in [3.8, 4) is 0 Å². The number of carbonyl (C=O) groups excluding carboxylic acids is 1. The third-order valence-corrected chi connectivity index (χ3v) is 3.53. The van der Waals surface area contributed by atoms with Crippen molar-refractivity contribution in [2.75, 3.05) is 33.4 Å². The zero-order valence-electron chi connectivity index (χ0n) is 9.33. The maximum Gasteiger partial charge on any atom is 0.225 e. The largest absolute Gasteiger partial charge is 0.378 e.